The Morgan fingerprint density at radius 1 is 1.61 bits per heavy atom. The van der Waals surface area contributed by atoms with Crippen molar-refractivity contribution in [3.05, 3.63) is 29.5 Å². The number of nitrogens with zero attached hydrogens (tertiary/aromatic N) is 2. The quantitative estimate of drug-likeness (QED) is 0.470. The second kappa shape index (κ2) is 6.44. The summed E-state index contributed by atoms with van der Waals surface area (Å²) in [7, 11) is 0. The highest BCUT2D eigenvalue weighted by Crippen LogP contribution is 2.24. The number of H-pyrrole nitrogens is 1. The number of aliphatic imine (C=N–C) groups is 1. The lowest BCUT2D eigenvalue weighted by atomic mass is 10.2. The third-order valence-corrected chi connectivity index (χ3v) is 3.20. The summed E-state index contributed by atoms with van der Waals surface area (Å²) < 4.78 is 0. The van der Waals surface area contributed by atoms with Crippen molar-refractivity contribution < 1.29 is 0 Å². The van der Waals surface area contributed by atoms with Gasteiger partial charge in [0.25, 0.3) is 0 Å². The van der Waals surface area contributed by atoms with Crippen LogP contribution in [-0.4, -0.2) is 34.1 Å². The standard InChI is InChI=1S/C13H18N4S/c1-10(18)11-3-2-4-12(11)15-6-5-14-9-13-16-7-8-17-13/h7-9,15H,2-6H2,1H3,(H,16,17)/b14-9+. The summed E-state index contributed by atoms with van der Waals surface area (Å²) in [5.74, 6) is 0.797. The third kappa shape index (κ3) is 3.50. The van der Waals surface area contributed by atoms with Crippen molar-refractivity contribution in [3.8, 4) is 0 Å². The van der Waals surface area contributed by atoms with Crippen LogP contribution in [0.4, 0.5) is 0 Å². The molecule has 0 aliphatic heterocycles. The van der Waals surface area contributed by atoms with E-state index in [4.69, 9.17) is 12.2 Å². The minimum atomic E-state index is 0.744. The van der Waals surface area contributed by atoms with E-state index in [-0.39, 0.29) is 0 Å². The predicted octanol–water partition coefficient (Wildman–Crippen LogP) is 2.25. The molecular formula is C13H18N4S. The normalized spacial score (nSPS) is 15.6. The summed E-state index contributed by atoms with van der Waals surface area (Å²) in [4.78, 5) is 12.4. The topological polar surface area (TPSA) is 53.1 Å². The average Bonchev–Trinajstić information content (AvgIpc) is 2.98. The molecule has 0 radical (unpaired) electrons. The molecule has 0 saturated carbocycles. The fourth-order valence-electron chi connectivity index (χ4n) is 2.10. The molecular weight excluding hydrogens is 244 g/mol. The highest BCUT2D eigenvalue weighted by atomic mass is 32.1. The number of allylic oxidation sites excluding steroid dienone is 2. The minimum Gasteiger partial charge on any atom is -0.386 e. The van der Waals surface area contributed by atoms with E-state index in [9.17, 15) is 0 Å². The predicted molar refractivity (Wildman–Crippen MR) is 78.2 cm³/mol. The maximum absolute atomic E-state index is 5.25. The van der Waals surface area contributed by atoms with Gasteiger partial charge in [-0.3, -0.25) is 4.99 Å². The first-order valence-corrected chi connectivity index (χ1v) is 6.64. The summed E-state index contributed by atoms with van der Waals surface area (Å²) in [6.07, 6.45) is 8.71. The van der Waals surface area contributed by atoms with Gasteiger partial charge >= 0.3 is 0 Å². The number of rotatable bonds is 6. The fraction of sp³-hybridized carbons (Fsp3) is 0.462. The number of thiocarbonyl (C=S) groups is 1. The maximum atomic E-state index is 5.25. The molecule has 5 heteroatoms. The van der Waals surface area contributed by atoms with Crippen molar-refractivity contribution in [1.82, 2.24) is 15.3 Å². The van der Waals surface area contributed by atoms with Crippen LogP contribution in [0.5, 0.6) is 0 Å². The molecule has 1 aliphatic carbocycles. The van der Waals surface area contributed by atoms with E-state index in [1.165, 1.54) is 17.7 Å². The Morgan fingerprint density at radius 3 is 3.22 bits per heavy atom. The molecule has 0 atom stereocenters. The minimum absolute atomic E-state index is 0.744. The van der Waals surface area contributed by atoms with Gasteiger partial charge in [-0.1, -0.05) is 12.2 Å². The Hall–Kier alpha value is -1.49. The summed E-state index contributed by atoms with van der Waals surface area (Å²) in [5, 5.41) is 3.44. The van der Waals surface area contributed by atoms with Crippen LogP contribution in [0, 0.1) is 0 Å². The van der Waals surface area contributed by atoms with E-state index < -0.39 is 0 Å². The molecule has 1 aromatic heterocycles. The number of hydrogen-bond acceptors (Lipinski definition) is 4. The summed E-state index contributed by atoms with van der Waals surface area (Å²) >= 11 is 5.25. The largest absolute Gasteiger partial charge is 0.386 e. The molecule has 1 heterocycles. The lowest BCUT2D eigenvalue weighted by molar-refractivity contribution is 0.758. The molecule has 18 heavy (non-hydrogen) atoms. The average molecular weight is 262 g/mol. The molecule has 0 aromatic carbocycles. The van der Waals surface area contributed by atoms with Crippen LogP contribution in [0.15, 0.2) is 28.7 Å². The number of hydrogen-bond donors (Lipinski definition) is 2. The molecule has 0 spiro atoms. The van der Waals surface area contributed by atoms with Gasteiger partial charge in [-0.05, 0) is 31.8 Å². The second-order valence-electron chi connectivity index (χ2n) is 4.30. The van der Waals surface area contributed by atoms with Crippen LogP contribution in [0.2, 0.25) is 0 Å². The fourth-order valence-corrected chi connectivity index (χ4v) is 2.32. The molecule has 96 valence electrons. The van der Waals surface area contributed by atoms with Gasteiger partial charge in [0.15, 0.2) is 0 Å². The maximum Gasteiger partial charge on any atom is 0.147 e. The molecule has 0 bridgehead atoms. The number of aromatic amines is 1. The van der Waals surface area contributed by atoms with E-state index in [0.717, 1.165) is 36.6 Å². The Labute approximate surface area is 113 Å². The van der Waals surface area contributed by atoms with E-state index in [1.54, 1.807) is 18.6 Å². The molecule has 2 N–H and O–H groups in total. The van der Waals surface area contributed by atoms with Crippen LogP contribution < -0.4 is 5.32 Å². The van der Waals surface area contributed by atoms with Crippen molar-refractivity contribution in [2.45, 2.75) is 26.2 Å². The third-order valence-electron chi connectivity index (χ3n) is 2.96. The Bertz CT molecular complexity index is 459. The number of nitrogens with one attached hydrogen (secondary N) is 2. The zero-order valence-electron chi connectivity index (χ0n) is 10.6. The Kier molecular flexibility index (Phi) is 4.64. The molecule has 0 saturated heterocycles. The molecule has 0 unspecified atom stereocenters. The van der Waals surface area contributed by atoms with E-state index in [1.807, 2.05) is 6.92 Å². The van der Waals surface area contributed by atoms with E-state index in [2.05, 4.69) is 20.3 Å². The molecule has 4 nitrogen and oxygen atoms in total. The first-order valence-electron chi connectivity index (χ1n) is 6.23. The van der Waals surface area contributed by atoms with Crippen molar-refractivity contribution in [3.63, 3.8) is 0 Å². The van der Waals surface area contributed by atoms with Crippen molar-refractivity contribution in [2.24, 2.45) is 4.99 Å². The van der Waals surface area contributed by atoms with Gasteiger partial charge in [0.1, 0.15) is 5.82 Å². The van der Waals surface area contributed by atoms with Gasteiger partial charge in [-0.2, -0.15) is 0 Å². The zero-order chi connectivity index (χ0) is 12.8. The van der Waals surface area contributed by atoms with Gasteiger partial charge in [-0.25, -0.2) is 4.98 Å². The summed E-state index contributed by atoms with van der Waals surface area (Å²) in [6, 6.07) is 0. The summed E-state index contributed by atoms with van der Waals surface area (Å²) in [5.41, 5.74) is 2.65. The van der Waals surface area contributed by atoms with Gasteiger partial charge < -0.3 is 10.3 Å². The summed E-state index contributed by atoms with van der Waals surface area (Å²) in [6.45, 7) is 3.60. The highest BCUT2D eigenvalue weighted by molar-refractivity contribution is 7.80. The Balaban J connectivity index is 1.75. The zero-order valence-corrected chi connectivity index (χ0v) is 11.4. The first-order chi connectivity index (χ1) is 8.77. The molecule has 0 amide bonds. The van der Waals surface area contributed by atoms with Gasteiger partial charge in [0.2, 0.25) is 0 Å². The molecule has 1 aromatic rings. The number of aromatic nitrogens is 2. The molecule has 1 aliphatic rings. The number of imidazole rings is 1. The lowest BCUT2D eigenvalue weighted by Gasteiger charge is -2.08. The SMILES string of the molecule is CC(=S)C1=C(NCC/N=C/c2ncc[nH]2)CCC1. The van der Waals surface area contributed by atoms with Gasteiger partial charge in [-0.15, -0.1) is 0 Å². The lowest BCUT2D eigenvalue weighted by Crippen LogP contribution is -2.18. The first kappa shape index (κ1) is 13.0. The van der Waals surface area contributed by atoms with Gasteiger partial charge in [0, 0.05) is 29.5 Å². The highest BCUT2D eigenvalue weighted by Gasteiger charge is 2.14. The Morgan fingerprint density at radius 2 is 2.50 bits per heavy atom. The second-order valence-corrected chi connectivity index (χ2v) is 4.92. The van der Waals surface area contributed by atoms with E-state index >= 15 is 0 Å². The molecule has 2 rings (SSSR count). The van der Waals surface area contributed by atoms with Crippen molar-refractivity contribution in [2.75, 3.05) is 13.1 Å². The monoisotopic (exact) mass is 262 g/mol. The van der Waals surface area contributed by atoms with Crippen LogP contribution in [0.1, 0.15) is 32.0 Å². The van der Waals surface area contributed by atoms with E-state index in [0.29, 0.717) is 0 Å². The van der Waals surface area contributed by atoms with Crippen LogP contribution >= 0.6 is 12.2 Å². The van der Waals surface area contributed by atoms with Crippen molar-refractivity contribution >= 4 is 23.3 Å². The van der Waals surface area contributed by atoms with Crippen LogP contribution in [-0.2, 0) is 0 Å². The van der Waals surface area contributed by atoms with Crippen molar-refractivity contribution in [1.29, 1.82) is 0 Å². The van der Waals surface area contributed by atoms with Crippen LogP contribution in [0.25, 0.3) is 0 Å². The molecule has 0 fully saturated rings. The van der Waals surface area contributed by atoms with Crippen LogP contribution in [0.3, 0.4) is 0 Å². The smallest absolute Gasteiger partial charge is 0.147 e. The van der Waals surface area contributed by atoms with Gasteiger partial charge in [0.05, 0.1) is 12.8 Å².